The number of ether oxygens (including phenoxy) is 1. The minimum Gasteiger partial charge on any atom is -0.444 e. The lowest BCUT2D eigenvalue weighted by Crippen LogP contribution is -2.66. The molecular formula is C30H45NO3Si. The third-order valence-corrected chi connectivity index (χ3v) is 10.9. The Bertz CT molecular complexity index is 888. The van der Waals surface area contributed by atoms with E-state index in [1.54, 1.807) is 0 Å². The van der Waals surface area contributed by atoms with E-state index >= 15 is 0 Å². The van der Waals surface area contributed by atoms with Gasteiger partial charge >= 0.3 is 6.09 Å². The Morgan fingerprint density at radius 1 is 0.914 bits per heavy atom. The summed E-state index contributed by atoms with van der Waals surface area (Å²) in [5.41, 5.74) is -0.514. The minimum absolute atomic E-state index is 0.0438. The zero-order chi connectivity index (χ0) is 26.1. The zero-order valence-corrected chi connectivity index (χ0v) is 23.9. The van der Waals surface area contributed by atoms with Gasteiger partial charge < -0.3 is 14.5 Å². The van der Waals surface area contributed by atoms with Crippen LogP contribution in [-0.2, 0) is 9.16 Å². The van der Waals surface area contributed by atoms with Crippen LogP contribution in [-0.4, -0.2) is 32.7 Å². The molecule has 4 nitrogen and oxygen atoms in total. The van der Waals surface area contributed by atoms with E-state index in [9.17, 15) is 4.79 Å². The summed E-state index contributed by atoms with van der Waals surface area (Å²) < 4.78 is 12.4. The molecule has 1 amide bonds. The number of alkyl carbamates (subject to hydrolysis) is 1. The number of amides is 1. The molecule has 1 atom stereocenters. The third kappa shape index (κ3) is 8.66. The van der Waals surface area contributed by atoms with Gasteiger partial charge in [0, 0.05) is 6.61 Å². The van der Waals surface area contributed by atoms with Gasteiger partial charge in [0.2, 0.25) is 0 Å². The van der Waals surface area contributed by atoms with E-state index in [0.717, 1.165) is 12.8 Å². The molecule has 0 aliphatic rings. The highest BCUT2D eigenvalue weighted by molar-refractivity contribution is 6.99. The Morgan fingerprint density at radius 3 is 1.86 bits per heavy atom. The lowest BCUT2D eigenvalue weighted by atomic mass is 10.0. The largest absolute Gasteiger partial charge is 0.444 e. The minimum atomic E-state index is -2.53. The van der Waals surface area contributed by atoms with Crippen LogP contribution in [0, 0.1) is 5.92 Å². The number of benzene rings is 2. The third-order valence-electron chi connectivity index (χ3n) is 5.82. The van der Waals surface area contributed by atoms with E-state index in [4.69, 9.17) is 9.16 Å². The van der Waals surface area contributed by atoms with Crippen LogP contribution in [0.3, 0.4) is 0 Å². The van der Waals surface area contributed by atoms with E-state index in [-0.39, 0.29) is 17.2 Å². The van der Waals surface area contributed by atoms with Crippen LogP contribution >= 0.6 is 0 Å². The number of hydrogen-bond acceptors (Lipinski definition) is 3. The lowest BCUT2D eigenvalue weighted by Gasteiger charge is -2.43. The molecule has 2 rings (SSSR count). The van der Waals surface area contributed by atoms with Gasteiger partial charge in [0.1, 0.15) is 5.60 Å². The second-order valence-corrected chi connectivity index (χ2v) is 15.9. The fourth-order valence-electron chi connectivity index (χ4n) is 4.45. The molecule has 0 spiro atoms. The van der Waals surface area contributed by atoms with Gasteiger partial charge in [-0.2, -0.15) is 0 Å². The number of rotatable bonds is 10. The van der Waals surface area contributed by atoms with E-state index in [1.165, 1.54) is 10.4 Å². The summed E-state index contributed by atoms with van der Waals surface area (Å²) in [7, 11) is -2.53. The standard InChI is InChI=1S/C30H45NO3Si/c1-24(2)23-25(31-28(32)34-29(3,4)5)17-15-16-22-33-35(30(6,7)8,26-18-11-9-12-19-26)27-20-13-10-14-21-27/h9-15,17-21,24-25H,16,22-23H2,1-8H3,(H,31,32)/b17-15+/t25-/m0/s1. The first-order valence-corrected chi connectivity index (χ1v) is 14.7. The molecule has 0 saturated carbocycles. The molecule has 0 saturated heterocycles. The monoisotopic (exact) mass is 495 g/mol. The molecule has 0 aliphatic heterocycles. The van der Waals surface area contributed by atoms with Crippen molar-refractivity contribution < 1.29 is 14.0 Å². The maximum absolute atomic E-state index is 12.3. The molecular weight excluding hydrogens is 450 g/mol. The van der Waals surface area contributed by atoms with E-state index in [1.807, 2.05) is 20.8 Å². The van der Waals surface area contributed by atoms with Gasteiger partial charge in [-0.3, -0.25) is 0 Å². The van der Waals surface area contributed by atoms with Crippen molar-refractivity contribution in [3.8, 4) is 0 Å². The van der Waals surface area contributed by atoms with Crippen LogP contribution in [0.2, 0.25) is 5.04 Å². The van der Waals surface area contributed by atoms with Crippen LogP contribution in [0.1, 0.15) is 68.2 Å². The Labute approximate surface area is 214 Å². The van der Waals surface area contributed by atoms with Crippen LogP contribution in [0.25, 0.3) is 0 Å². The predicted molar refractivity (Wildman–Crippen MR) is 150 cm³/mol. The summed E-state index contributed by atoms with van der Waals surface area (Å²) in [6, 6.07) is 21.3. The molecule has 1 N–H and O–H groups in total. The molecule has 0 bridgehead atoms. The van der Waals surface area contributed by atoms with Crippen LogP contribution < -0.4 is 15.7 Å². The number of carbonyl (C=O) groups excluding carboxylic acids is 1. The van der Waals surface area contributed by atoms with Crippen LogP contribution in [0.4, 0.5) is 4.79 Å². The van der Waals surface area contributed by atoms with Gasteiger partial charge in [0.05, 0.1) is 6.04 Å². The molecule has 0 fully saturated rings. The highest BCUT2D eigenvalue weighted by Gasteiger charge is 2.49. The van der Waals surface area contributed by atoms with Gasteiger partial charge in [-0.1, -0.05) is 107 Å². The topological polar surface area (TPSA) is 47.6 Å². The predicted octanol–water partition coefficient (Wildman–Crippen LogP) is 6.45. The summed E-state index contributed by atoms with van der Waals surface area (Å²) in [4.78, 5) is 12.3. The first-order chi connectivity index (χ1) is 16.3. The summed E-state index contributed by atoms with van der Waals surface area (Å²) in [6.07, 6.45) is 5.46. The first kappa shape index (κ1) is 28.9. The van der Waals surface area contributed by atoms with Gasteiger partial charge in [0.15, 0.2) is 0 Å². The molecule has 35 heavy (non-hydrogen) atoms. The van der Waals surface area contributed by atoms with Crippen molar-refractivity contribution in [1.29, 1.82) is 0 Å². The van der Waals surface area contributed by atoms with Crippen molar-refractivity contribution in [3.63, 3.8) is 0 Å². The highest BCUT2D eigenvalue weighted by Crippen LogP contribution is 2.36. The normalized spacial score (nSPS) is 13.7. The maximum Gasteiger partial charge on any atom is 0.408 e. The smallest absolute Gasteiger partial charge is 0.408 e. The van der Waals surface area contributed by atoms with Crippen molar-refractivity contribution >= 4 is 24.8 Å². The molecule has 0 radical (unpaired) electrons. The number of nitrogens with one attached hydrogen (secondary N) is 1. The summed E-state index contributed by atoms with van der Waals surface area (Å²) in [5.74, 6) is 0.452. The van der Waals surface area contributed by atoms with Crippen molar-refractivity contribution in [2.24, 2.45) is 5.92 Å². The first-order valence-electron chi connectivity index (χ1n) is 12.8. The Morgan fingerprint density at radius 2 is 1.43 bits per heavy atom. The Kier molecular flexibility index (Phi) is 10.3. The Balaban J connectivity index is 2.19. The molecule has 0 aromatic heterocycles. The van der Waals surface area contributed by atoms with Crippen molar-refractivity contribution in [2.45, 2.75) is 84.9 Å². The molecule has 192 valence electrons. The van der Waals surface area contributed by atoms with Crippen LogP contribution in [0.5, 0.6) is 0 Å². The SMILES string of the molecule is CC(C)C[C@H](/C=C/CCO[Si](c1ccccc1)(c1ccccc1)C(C)(C)C)NC(=O)OC(C)(C)C. The molecule has 5 heteroatoms. The highest BCUT2D eigenvalue weighted by atomic mass is 28.4. The van der Waals surface area contributed by atoms with Gasteiger partial charge in [-0.15, -0.1) is 0 Å². The van der Waals surface area contributed by atoms with Crippen LogP contribution in [0.15, 0.2) is 72.8 Å². The summed E-state index contributed by atoms with van der Waals surface area (Å²) in [5, 5.41) is 5.53. The average Bonchev–Trinajstić information content (AvgIpc) is 2.74. The number of hydrogen-bond donors (Lipinski definition) is 1. The summed E-state index contributed by atoms with van der Waals surface area (Å²) >= 11 is 0. The molecule has 0 aliphatic carbocycles. The quantitative estimate of drug-likeness (QED) is 0.234. The molecule has 2 aromatic rings. The van der Waals surface area contributed by atoms with Gasteiger partial charge in [-0.25, -0.2) is 4.79 Å². The molecule has 2 aromatic carbocycles. The van der Waals surface area contributed by atoms with E-state index in [0.29, 0.717) is 12.5 Å². The second-order valence-electron chi connectivity index (χ2n) is 11.6. The molecule has 0 heterocycles. The fourth-order valence-corrected chi connectivity index (χ4v) is 9.03. The Hall–Kier alpha value is -2.37. The van der Waals surface area contributed by atoms with Crippen molar-refractivity contribution in [2.75, 3.05) is 6.61 Å². The summed E-state index contributed by atoms with van der Waals surface area (Å²) in [6.45, 7) is 17.4. The fraction of sp³-hybridized carbons (Fsp3) is 0.500. The second kappa shape index (κ2) is 12.5. The zero-order valence-electron chi connectivity index (χ0n) is 22.9. The van der Waals surface area contributed by atoms with Gasteiger partial charge in [-0.05, 0) is 54.9 Å². The van der Waals surface area contributed by atoms with Crippen molar-refractivity contribution in [3.05, 3.63) is 72.8 Å². The molecule has 0 unspecified atom stereocenters. The van der Waals surface area contributed by atoms with Crippen molar-refractivity contribution in [1.82, 2.24) is 5.32 Å². The average molecular weight is 496 g/mol. The maximum atomic E-state index is 12.3. The van der Waals surface area contributed by atoms with E-state index in [2.05, 4.69) is 113 Å². The lowest BCUT2D eigenvalue weighted by molar-refractivity contribution is 0.0510. The van der Waals surface area contributed by atoms with E-state index < -0.39 is 13.9 Å². The number of carbonyl (C=O) groups is 1. The van der Waals surface area contributed by atoms with Gasteiger partial charge in [0.25, 0.3) is 8.32 Å².